The first kappa shape index (κ1) is 12.5. The van der Waals surface area contributed by atoms with Gasteiger partial charge in [0.1, 0.15) is 5.82 Å². The van der Waals surface area contributed by atoms with Crippen molar-refractivity contribution in [2.45, 2.75) is 12.5 Å². The molecule has 18 heavy (non-hydrogen) atoms. The molecule has 0 saturated carbocycles. The molecule has 96 valence electrons. The van der Waals surface area contributed by atoms with Gasteiger partial charge in [-0.05, 0) is 11.3 Å². The summed E-state index contributed by atoms with van der Waals surface area (Å²) in [5, 5.41) is 20.7. The topological polar surface area (TPSA) is 63.8 Å². The van der Waals surface area contributed by atoms with Gasteiger partial charge >= 0.3 is 0 Å². The quantitative estimate of drug-likeness (QED) is 0.831. The van der Waals surface area contributed by atoms with Crippen molar-refractivity contribution in [3.05, 3.63) is 41.0 Å². The molecule has 0 bridgehead atoms. The van der Waals surface area contributed by atoms with Crippen molar-refractivity contribution in [2.24, 2.45) is 7.05 Å². The monoisotopic (exact) mass is 258 g/mol. The summed E-state index contributed by atoms with van der Waals surface area (Å²) in [6, 6.07) is 1.00. The molecule has 1 heterocycles. The van der Waals surface area contributed by atoms with E-state index in [4.69, 9.17) is 0 Å². The highest BCUT2D eigenvalue weighted by Crippen LogP contribution is 2.22. The van der Waals surface area contributed by atoms with Crippen molar-refractivity contribution >= 4 is 0 Å². The van der Waals surface area contributed by atoms with E-state index in [1.54, 1.807) is 0 Å². The lowest BCUT2D eigenvalue weighted by Gasteiger charge is -2.10. The number of hydrogen-bond acceptors (Lipinski definition) is 4. The molecule has 0 aliphatic rings. The molecule has 8 heteroatoms. The van der Waals surface area contributed by atoms with Gasteiger partial charge in [0.05, 0.1) is 13.2 Å². The zero-order valence-corrected chi connectivity index (χ0v) is 9.31. The minimum atomic E-state index is -1.37. The van der Waals surface area contributed by atoms with Crippen molar-refractivity contribution in [3.63, 3.8) is 0 Å². The molecule has 1 N–H and O–H groups in total. The van der Waals surface area contributed by atoms with E-state index in [9.17, 15) is 18.3 Å². The molecule has 0 aliphatic carbocycles. The lowest BCUT2D eigenvalue weighted by Crippen LogP contribution is -2.07. The number of benzene rings is 1. The molecule has 1 unspecified atom stereocenters. The number of tetrazole rings is 1. The maximum Gasteiger partial charge on any atom is 0.177 e. The zero-order valence-electron chi connectivity index (χ0n) is 9.31. The second kappa shape index (κ2) is 4.73. The highest BCUT2D eigenvalue weighted by atomic mass is 19.2. The van der Waals surface area contributed by atoms with E-state index in [1.807, 2.05) is 0 Å². The van der Waals surface area contributed by atoms with Crippen molar-refractivity contribution < 1.29 is 18.3 Å². The maximum absolute atomic E-state index is 13.4. The molecular weight excluding hydrogens is 249 g/mol. The highest BCUT2D eigenvalue weighted by Gasteiger charge is 2.19. The summed E-state index contributed by atoms with van der Waals surface area (Å²) in [4.78, 5) is 1.17. The number of aliphatic hydroxyl groups excluding tert-OH is 1. The fraction of sp³-hybridized carbons (Fsp3) is 0.300. The third kappa shape index (κ3) is 2.48. The Labute approximate surface area is 99.9 Å². The van der Waals surface area contributed by atoms with Gasteiger partial charge < -0.3 is 5.11 Å². The van der Waals surface area contributed by atoms with Gasteiger partial charge in [0.25, 0.3) is 0 Å². The number of aliphatic hydroxyl groups is 1. The van der Waals surface area contributed by atoms with Gasteiger partial charge in [0.15, 0.2) is 17.5 Å². The zero-order chi connectivity index (χ0) is 13.3. The molecular formula is C10H9F3N4O. The van der Waals surface area contributed by atoms with Crippen LogP contribution in [-0.4, -0.2) is 25.3 Å². The Bertz CT molecular complexity index is 572. The molecule has 0 aliphatic heterocycles. The van der Waals surface area contributed by atoms with Crippen LogP contribution in [0.4, 0.5) is 13.2 Å². The van der Waals surface area contributed by atoms with Gasteiger partial charge in [-0.2, -0.15) is 4.80 Å². The molecule has 0 radical (unpaired) electrons. The average molecular weight is 258 g/mol. The molecule has 1 aromatic heterocycles. The Morgan fingerprint density at radius 1 is 1.22 bits per heavy atom. The summed E-state index contributed by atoms with van der Waals surface area (Å²) in [5.74, 6) is -3.38. The van der Waals surface area contributed by atoms with E-state index in [0.29, 0.717) is 12.1 Å². The number of rotatable bonds is 3. The van der Waals surface area contributed by atoms with E-state index in [0.717, 1.165) is 0 Å². The Morgan fingerprint density at radius 3 is 2.50 bits per heavy atom. The summed E-state index contributed by atoms with van der Waals surface area (Å²) in [5.41, 5.74) is -0.346. The van der Waals surface area contributed by atoms with Crippen LogP contribution in [0.15, 0.2) is 12.1 Å². The van der Waals surface area contributed by atoms with Gasteiger partial charge in [-0.3, -0.25) is 0 Å². The second-order valence-electron chi connectivity index (χ2n) is 3.70. The Morgan fingerprint density at radius 2 is 1.89 bits per heavy atom. The van der Waals surface area contributed by atoms with Crippen molar-refractivity contribution in [1.82, 2.24) is 20.2 Å². The molecule has 1 aromatic carbocycles. The summed E-state index contributed by atoms with van der Waals surface area (Å²) in [6.07, 6.45) is -1.51. The molecule has 2 rings (SSSR count). The predicted molar refractivity (Wildman–Crippen MR) is 53.8 cm³/mol. The maximum atomic E-state index is 13.4. The summed E-state index contributed by atoms with van der Waals surface area (Å²) >= 11 is 0. The number of nitrogens with zero attached hydrogens (tertiary/aromatic N) is 4. The van der Waals surface area contributed by atoms with Crippen LogP contribution >= 0.6 is 0 Å². The Hall–Kier alpha value is -1.96. The van der Waals surface area contributed by atoms with E-state index in [2.05, 4.69) is 15.4 Å². The van der Waals surface area contributed by atoms with Crippen LogP contribution in [-0.2, 0) is 13.5 Å². The van der Waals surface area contributed by atoms with Crippen LogP contribution in [0.3, 0.4) is 0 Å². The minimum Gasteiger partial charge on any atom is -0.388 e. The Kier molecular flexibility index (Phi) is 3.28. The first-order chi connectivity index (χ1) is 8.47. The predicted octanol–water partition coefficient (Wildman–Crippen LogP) is 0.903. The van der Waals surface area contributed by atoms with Crippen LogP contribution < -0.4 is 0 Å². The average Bonchev–Trinajstić information content (AvgIpc) is 2.69. The summed E-state index contributed by atoms with van der Waals surface area (Å²) < 4.78 is 39.0. The van der Waals surface area contributed by atoms with Crippen LogP contribution in [0.25, 0.3) is 0 Å². The summed E-state index contributed by atoms with van der Waals surface area (Å²) in [7, 11) is 1.53. The van der Waals surface area contributed by atoms with E-state index in [1.165, 1.54) is 11.8 Å². The second-order valence-corrected chi connectivity index (χ2v) is 3.70. The lowest BCUT2D eigenvalue weighted by molar-refractivity contribution is 0.170. The standard InChI is InChI=1S/C10H9F3N4O/c1-17-15-10(14-16-17)4-9(18)5-2-7(12)8(13)3-6(5)11/h2-3,9,18H,4H2,1H3. The first-order valence-corrected chi connectivity index (χ1v) is 5.02. The van der Waals surface area contributed by atoms with Crippen molar-refractivity contribution in [2.75, 3.05) is 0 Å². The van der Waals surface area contributed by atoms with Gasteiger partial charge in [-0.25, -0.2) is 13.2 Å². The normalized spacial score (nSPS) is 12.7. The lowest BCUT2D eigenvalue weighted by atomic mass is 10.1. The first-order valence-electron chi connectivity index (χ1n) is 5.02. The number of aromatic nitrogens is 4. The Balaban J connectivity index is 2.23. The van der Waals surface area contributed by atoms with Crippen LogP contribution in [0.1, 0.15) is 17.5 Å². The number of hydrogen-bond donors (Lipinski definition) is 1. The largest absolute Gasteiger partial charge is 0.388 e. The number of aryl methyl sites for hydroxylation is 1. The molecule has 2 aromatic rings. The van der Waals surface area contributed by atoms with Crippen molar-refractivity contribution in [1.29, 1.82) is 0 Å². The molecule has 0 saturated heterocycles. The number of halogens is 3. The molecule has 1 atom stereocenters. The fourth-order valence-electron chi connectivity index (χ4n) is 1.48. The van der Waals surface area contributed by atoms with E-state index < -0.39 is 23.6 Å². The molecule has 5 nitrogen and oxygen atoms in total. The van der Waals surface area contributed by atoms with Crippen molar-refractivity contribution in [3.8, 4) is 0 Å². The molecule has 0 spiro atoms. The third-order valence-electron chi connectivity index (χ3n) is 2.32. The molecule has 0 amide bonds. The highest BCUT2D eigenvalue weighted by molar-refractivity contribution is 5.22. The van der Waals surface area contributed by atoms with E-state index >= 15 is 0 Å². The van der Waals surface area contributed by atoms with Crippen LogP contribution in [0.5, 0.6) is 0 Å². The van der Waals surface area contributed by atoms with Crippen LogP contribution in [0, 0.1) is 17.5 Å². The smallest absolute Gasteiger partial charge is 0.177 e. The fourth-order valence-corrected chi connectivity index (χ4v) is 1.48. The third-order valence-corrected chi connectivity index (χ3v) is 2.32. The van der Waals surface area contributed by atoms with E-state index in [-0.39, 0.29) is 17.8 Å². The van der Waals surface area contributed by atoms with Gasteiger partial charge in [0, 0.05) is 18.1 Å². The van der Waals surface area contributed by atoms with Gasteiger partial charge in [-0.15, -0.1) is 10.2 Å². The van der Waals surface area contributed by atoms with Gasteiger partial charge in [0.2, 0.25) is 0 Å². The molecule has 0 fully saturated rings. The van der Waals surface area contributed by atoms with Gasteiger partial charge in [-0.1, -0.05) is 0 Å². The minimum absolute atomic E-state index is 0.143. The summed E-state index contributed by atoms with van der Waals surface area (Å²) in [6.45, 7) is 0. The SMILES string of the molecule is Cn1nnc(CC(O)c2cc(F)c(F)cc2F)n1. The van der Waals surface area contributed by atoms with Crippen LogP contribution in [0.2, 0.25) is 0 Å².